The SMILES string of the molecule is CC(O)C1C(OC2OC(CO)C(O)C(O)C2O)OC=C2C(=O)OCCC21. The van der Waals surface area contributed by atoms with Crippen LogP contribution in [0.1, 0.15) is 13.3 Å². The maximum atomic E-state index is 11.9. The lowest BCUT2D eigenvalue weighted by Gasteiger charge is -2.44. The second-order valence-electron chi connectivity index (χ2n) is 6.76. The molecule has 2 saturated heterocycles. The van der Waals surface area contributed by atoms with Crippen LogP contribution in [0, 0.1) is 11.8 Å². The third-order valence-electron chi connectivity index (χ3n) is 5.08. The molecule has 0 aromatic heterocycles. The lowest BCUT2D eigenvalue weighted by Crippen LogP contribution is -2.60. The van der Waals surface area contributed by atoms with E-state index in [9.17, 15) is 30.3 Å². The van der Waals surface area contributed by atoms with E-state index in [1.165, 1.54) is 13.2 Å². The van der Waals surface area contributed by atoms with Crippen LogP contribution < -0.4 is 0 Å². The molecule has 9 unspecified atom stereocenters. The highest BCUT2D eigenvalue weighted by Gasteiger charge is 2.49. The zero-order valence-corrected chi connectivity index (χ0v) is 14.2. The number of ether oxygens (including phenoxy) is 4. The Labute approximate surface area is 149 Å². The predicted molar refractivity (Wildman–Crippen MR) is 82.0 cm³/mol. The van der Waals surface area contributed by atoms with Crippen LogP contribution in [0.25, 0.3) is 0 Å². The first-order valence-corrected chi connectivity index (χ1v) is 8.51. The molecule has 26 heavy (non-hydrogen) atoms. The average Bonchev–Trinajstić information content (AvgIpc) is 2.61. The summed E-state index contributed by atoms with van der Waals surface area (Å²) in [6.45, 7) is 1.14. The lowest BCUT2D eigenvalue weighted by atomic mass is 9.78. The van der Waals surface area contributed by atoms with Gasteiger partial charge in [0.2, 0.25) is 6.29 Å². The van der Waals surface area contributed by atoms with Crippen molar-refractivity contribution >= 4 is 5.97 Å². The van der Waals surface area contributed by atoms with Crippen LogP contribution in [0.5, 0.6) is 0 Å². The molecule has 10 nitrogen and oxygen atoms in total. The average molecular weight is 376 g/mol. The summed E-state index contributed by atoms with van der Waals surface area (Å²) in [7, 11) is 0. The van der Waals surface area contributed by atoms with Gasteiger partial charge in [0, 0.05) is 5.92 Å². The Kier molecular flexibility index (Phi) is 5.82. The Morgan fingerprint density at radius 3 is 2.62 bits per heavy atom. The van der Waals surface area contributed by atoms with E-state index in [2.05, 4.69) is 0 Å². The fourth-order valence-corrected chi connectivity index (χ4v) is 3.62. The summed E-state index contributed by atoms with van der Waals surface area (Å²) >= 11 is 0. The first-order valence-electron chi connectivity index (χ1n) is 8.51. The summed E-state index contributed by atoms with van der Waals surface area (Å²) in [4.78, 5) is 11.9. The molecule has 9 atom stereocenters. The van der Waals surface area contributed by atoms with Gasteiger partial charge in [-0.2, -0.15) is 0 Å². The van der Waals surface area contributed by atoms with Gasteiger partial charge in [0.25, 0.3) is 0 Å². The zero-order valence-electron chi connectivity index (χ0n) is 14.2. The third kappa shape index (κ3) is 3.46. The summed E-state index contributed by atoms with van der Waals surface area (Å²) in [5.74, 6) is -1.52. The van der Waals surface area contributed by atoms with E-state index in [4.69, 9.17) is 18.9 Å². The predicted octanol–water partition coefficient (Wildman–Crippen LogP) is -2.40. The van der Waals surface area contributed by atoms with E-state index in [1.54, 1.807) is 0 Å². The minimum Gasteiger partial charge on any atom is -0.471 e. The van der Waals surface area contributed by atoms with Gasteiger partial charge in [0.15, 0.2) is 6.29 Å². The van der Waals surface area contributed by atoms with Crippen molar-refractivity contribution in [2.75, 3.05) is 13.2 Å². The number of hydrogen-bond donors (Lipinski definition) is 5. The summed E-state index contributed by atoms with van der Waals surface area (Å²) in [6, 6.07) is 0. The summed E-state index contributed by atoms with van der Waals surface area (Å²) in [5, 5.41) is 49.2. The molecule has 3 aliphatic heterocycles. The molecular formula is C16H24O10. The van der Waals surface area contributed by atoms with Crippen molar-refractivity contribution in [2.24, 2.45) is 11.8 Å². The van der Waals surface area contributed by atoms with Crippen LogP contribution in [-0.4, -0.2) is 87.8 Å². The van der Waals surface area contributed by atoms with Gasteiger partial charge in [-0.3, -0.25) is 0 Å². The molecule has 3 rings (SSSR count). The molecule has 10 heteroatoms. The van der Waals surface area contributed by atoms with Crippen molar-refractivity contribution in [1.29, 1.82) is 0 Å². The number of aliphatic hydroxyl groups is 5. The number of carbonyl (C=O) groups excluding carboxylic acids is 1. The van der Waals surface area contributed by atoms with E-state index >= 15 is 0 Å². The lowest BCUT2D eigenvalue weighted by molar-refractivity contribution is -0.345. The minimum atomic E-state index is -1.59. The maximum Gasteiger partial charge on any atom is 0.337 e. The van der Waals surface area contributed by atoms with Crippen LogP contribution in [0.15, 0.2) is 11.8 Å². The molecule has 2 fully saturated rings. The Hall–Kier alpha value is -1.27. The summed E-state index contributed by atoms with van der Waals surface area (Å²) < 4.78 is 21.3. The quantitative estimate of drug-likeness (QED) is 0.335. The molecule has 0 bridgehead atoms. The summed E-state index contributed by atoms with van der Waals surface area (Å²) in [5.41, 5.74) is 0.302. The van der Waals surface area contributed by atoms with E-state index in [0.717, 1.165) is 0 Å². The van der Waals surface area contributed by atoms with Crippen molar-refractivity contribution in [3.05, 3.63) is 11.8 Å². The van der Waals surface area contributed by atoms with E-state index in [1.807, 2.05) is 0 Å². The Bertz CT molecular complexity index is 547. The molecule has 0 saturated carbocycles. The normalized spacial score (nSPS) is 44.4. The fourth-order valence-electron chi connectivity index (χ4n) is 3.62. The van der Waals surface area contributed by atoms with Crippen LogP contribution >= 0.6 is 0 Å². The van der Waals surface area contributed by atoms with E-state index in [-0.39, 0.29) is 12.5 Å². The number of hydrogen-bond acceptors (Lipinski definition) is 10. The molecule has 148 valence electrons. The number of carbonyl (C=O) groups is 1. The maximum absolute atomic E-state index is 11.9. The standard InChI is InChI=1S/C16H24O10/c1-6(18)10-7-2-3-23-14(22)8(7)5-24-15(10)26-16-13(21)12(20)11(19)9(4-17)25-16/h5-7,9-13,15-21H,2-4H2,1H3. The molecule has 3 aliphatic rings. The van der Waals surface area contributed by atoms with Crippen molar-refractivity contribution < 1.29 is 49.3 Å². The van der Waals surface area contributed by atoms with E-state index in [0.29, 0.717) is 12.0 Å². The first kappa shape index (κ1) is 19.5. The highest BCUT2D eigenvalue weighted by atomic mass is 16.8. The number of esters is 1. The third-order valence-corrected chi connectivity index (χ3v) is 5.08. The number of rotatable bonds is 4. The molecule has 0 spiro atoms. The van der Waals surface area contributed by atoms with Gasteiger partial charge in [0.05, 0.1) is 37.1 Å². The van der Waals surface area contributed by atoms with Gasteiger partial charge in [-0.1, -0.05) is 0 Å². The monoisotopic (exact) mass is 376 g/mol. The van der Waals surface area contributed by atoms with Gasteiger partial charge in [-0.05, 0) is 13.3 Å². The van der Waals surface area contributed by atoms with Gasteiger partial charge >= 0.3 is 5.97 Å². The van der Waals surface area contributed by atoms with Crippen molar-refractivity contribution in [1.82, 2.24) is 0 Å². The largest absolute Gasteiger partial charge is 0.471 e. The molecule has 0 radical (unpaired) electrons. The molecule has 5 N–H and O–H groups in total. The molecule has 0 aliphatic carbocycles. The van der Waals surface area contributed by atoms with Gasteiger partial charge in [-0.25, -0.2) is 4.79 Å². The number of cyclic esters (lactones) is 1. The number of aliphatic hydroxyl groups excluding tert-OH is 5. The van der Waals surface area contributed by atoms with Crippen molar-refractivity contribution in [2.45, 2.75) is 56.4 Å². The number of fused-ring (bicyclic) bond motifs is 1. The minimum absolute atomic E-state index is 0.205. The van der Waals surface area contributed by atoms with Crippen LogP contribution in [0.4, 0.5) is 0 Å². The Balaban J connectivity index is 1.78. The Morgan fingerprint density at radius 2 is 1.96 bits per heavy atom. The highest BCUT2D eigenvalue weighted by molar-refractivity contribution is 5.89. The van der Waals surface area contributed by atoms with Gasteiger partial charge in [-0.15, -0.1) is 0 Å². The highest BCUT2D eigenvalue weighted by Crippen LogP contribution is 2.39. The zero-order chi connectivity index (χ0) is 19.0. The molecule has 3 heterocycles. The molecule has 0 aromatic carbocycles. The second kappa shape index (κ2) is 7.77. The topological polar surface area (TPSA) is 155 Å². The molecule has 0 aromatic rings. The van der Waals surface area contributed by atoms with Crippen LogP contribution in [0.3, 0.4) is 0 Å². The second-order valence-corrected chi connectivity index (χ2v) is 6.76. The van der Waals surface area contributed by atoms with Gasteiger partial charge in [0.1, 0.15) is 24.4 Å². The summed E-state index contributed by atoms with van der Waals surface area (Å²) in [6.07, 6.45) is -7.51. The van der Waals surface area contributed by atoms with Crippen molar-refractivity contribution in [3.8, 4) is 0 Å². The van der Waals surface area contributed by atoms with Crippen molar-refractivity contribution in [3.63, 3.8) is 0 Å². The fraction of sp³-hybridized carbons (Fsp3) is 0.812. The van der Waals surface area contributed by atoms with Crippen LogP contribution in [-0.2, 0) is 23.7 Å². The molecular weight excluding hydrogens is 352 g/mol. The van der Waals surface area contributed by atoms with Gasteiger partial charge < -0.3 is 44.5 Å². The smallest absolute Gasteiger partial charge is 0.337 e. The van der Waals surface area contributed by atoms with E-state index < -0.39 is 61.6 Å². The molecule has 0 amide bonds. The van der Waals surface area contributed by atoms with Crippen LogP contribution in [0.2, 0.25) is 0 Å². The Morgan fingerprint density at radius 1 is 1.23 bits per heavy atom. The first-order chi connectivity index (χ1) is 12.3.